The van der Waals surface area contributed by atoms with E-state index in [9.17, 15) is 9.18 Å². The van der Waals surface area contributed by atoms with Crippen LogP contribution in [0.2, 0.25) is 0 Å². The Kier molecular flexibility index (Phi) is 6.05. The van der Waals surface area contributed by atoms with Crippen molar-refractivity contribution in [2.45, 2.75) is 19.8 Å². The molecule has 1 aromatic carbocycles. The first kappa shape index (κ1) is 14.0. The van der Waals surface area contributed by atoms with E-state index in [2.05, 4.69) is 11.6 Å². The highest BCUT2D eigenvalue weighted by Crippen LogP contribution is 2.11. The van der Waals surface area contributed by atoms with Gasteiger partial charge in [-0.05, 0) is 43.4 Å². The summed E-state index contributed by atoms with van der Waals surface area (Å²) < 4.78 is 13.6. The molecular weight excluding hydrogens is 237 g/mol. The standard InChI is InChI=1S/C13H18FNOS/c1-10-6-5-7-11(12(10)14)13(16)15-8-3-4-9-17-2/h5-7H,3-4,8-9H2,1-2H3,(H,15,16). The molecule has 1 amide bonds. The second-order valence-corrected chi connectivity index (χ2v) is 4.88. The molecule has 0 saturated heterocycles. The van der Waals surface area contributed by atoms with Crippen LogP contribution in [0.3, 0.4) is 0 Å². The molecule has 0 spiro atoms. The SMILES string of the molecule is CSCCCCNC(=O)c1cccc(C)c1F. The fourth-order valence-corrected chi connectivity index (χ4v) is 1.98. The number of halogens is 1. The third kappa shape index (κ3) is 4.38. The van der Waals surface area contributed by atoms with Gasteiger partial charge in [-0.1, -0.05) is 12.1 Å². The molecule has 94 valence electrons. The number of carbonyl (C=O) groups is 1. The molecule has 0 heterocycles. The predicted octanol–water partition coefficient (Wildman–Crippen LogP) is 3.01. The van der Waals surface area contributed by atoms with Gasteiger partial charge in [0.05, 0.1) is 5.56 Å². The van der Waals surface area contributed by atoms with E-state index in [4.69, 9.17) is 0 Å². The highest BCUT2D eigenvalue weighted by atomic mass is 32.2. The van der Waals surface area contributed by atoms with Gasteiger partial charge in [-0.15, -0.1) is 0 Å². The summed E-state index contributed by atoms with van der Waals surface area (Å²) in [6.07, 6.45) is 4.05. The van der Waals surface area contributed by atoms with Crippen LogP contribution in [0.1, 0.15) is 28.8 Å². The maximum absolute atomic E-state index is 13.6. The van der Waals surface area contributed by atoms with Gasteiger partial charge >= 0.3 is 0 Å². The lowest BCUT2D eigenvalue weighted by Crippen LogP contribution is -2.25. The van der Waals surface area contributed by atoms with Crippen molar-refractivity contribution < 1.29 is 9.18 Å². The zero-order valence-electron chi connectivity index (χ0n) is 10.3. The zero-order valence-corrected chi connectivity index (χ0v) is 11.1. The molecule has 1 N–H and O–H groups in total. The van der Waals surface area contributed by atoms with Gasteiger partial charge in [0.25, 0.3) is 5.91 Å². The number of unbranched alkanes of at least 4 members (excludes halogenated alkanes) is 1. The highest BCUT2D eigenvalue weighted by Gasteiger charge is 2.11. The summed E-state index contributed by atoms with van der Waals surface area (Å²) in [5.41, 5.74) is 0.634. The molecule has 2 nitrogen and oxygen atoms in total. The zero-order chi connectivity index (χ0) is 12.7. The fraction of sp³-hybridized carbons (Fsp3) is 0.462. The average molecular weight is 255 g/mol. The van der Waals surface area contributed by atoms with E-state index in [0.29, 0.717) is 12.1 Å². The van der Waals surface area contributed by atoms with Crippen molar-refractivity contribution in [1.29, 1.82) is 0 Å². The minimum absolute atomic E-state index is 0.134. The normalized spacial score (nSPS) is 10.3. The first-order valence-electron chi connectivity index (χ1n) is 5.69. The van der Waals surface area contributed by atoms with Gasteiger partial charge in [-0.3, -0.25) is 4.79 Å². The molecule has 4 heteroatoms. The Morgan fingerprint density at radius 3 is 2.88 bits per heavy atom. The van der Waals surface area contributed by atoms with E-state index in [1.54, 1.807) is 30.8 Å². The summed E-state index contributed by atoms with van der Waals surface area (Å²) in [6.45, 7) is 2.26. The Bertz CT molecular complexity index is 382. The van der Waals surface area contributed by atoms with E-state index in [1.165, 1.54) is 6.07 Å². The summed E-state index contributed by atoms with van der Waals surface area (Å²) in [7, 11) is 0. The lowest BCUT2D eigenvalue weighted by atomic mass is 10.1. The molecule has 0 unspecified atom stereocenters. The first-order chi connectivity index (χ1) is 8.16. The average Bonchev–Trinajstić information content (AvgIpc) is 2.32. The molecule has 0 radical (unpaired) electrons. The van der Waals surface area contributed by atoms with Crippen LogP contribution in [0.5, 0.6) is 0 Å². The number of amides is 1. The minimum atomic E-state index is -0.422. The monoisotopic (exact) mass is 255 g/mol. The van der Waals surface area contributed by atoms with E-state index >= 15 is 0 Å². The van der Waals surface area contributed by atoms with E-state index in [1.807, 2.05) is 0 Å². The van der Waals surface area contributed by atoms with Gasteiger partial charge < -0.3 is 5.32 Å². The summed E-state index contributed by atoms with van der Waals surface area (Å²) in [4.78, 5) is 11.7. The number of carbonyl (C=O) groups excluding carboxylic acids is 1. The first-order valence-corrected chi connectivity index (χ1v) is 7.08. The Morgan fingerprint density at radius 2 is 2.18 bits per heavy atom. The van der Waals surface area contributed by atoms with Gasteiger partial charge in [0, 0.05) is 6.54 Å². The number of thioether (sulfide) groups is 1. The maximum atomic E-state index is 13.6. The quantitative estimate of drug-likeness (QED) is 0.792. The van der Waals surface area contributed by atoms with Gasteiger partial charge in [0.2, 0.25) is 0 Å². The number of hydrogen-bond acceptors (Lipinski definition) is 2. The summed E-state index contributed by atoms with van der Waals surface area (Å²) in [5, 5.41) is 2.74. The van der Waals surface area contributed by atoms with Crippen molar-refractivity contribution in [1.82, 2.24) is 5.32 Å². The number of hydrogen-bond donors (Lipinski definition) is 1. The molecule has 17 heavy (non-hydrogen) atoms. The Balaban J connectivity index is 2.44. The predicted molar refractivity (Wildman–Crippen MR) is 71.1 cm³/mol. The van der Waals surface area contributed by atoms with Crippen molar-refractivity contribution >= 4 is 17.7 Å². The molecule has 1 rings (SSSR count). The molecule has 0 aliphatic carbocycles. The number of nitrogens with one attached hydrogen (secondary N) is 1. The van der Waals surface area contributed by atoms with Crippen LogP contribution < -0.4 is 5.32 Å². The molecule has 1 aromatic rings. The minimum Gasteiger partial charge on any atom is -0.352 e. The molecule has 0 aromatic heterocycles. The van der Waals surface area contributed by atoms with Crippen molar-refractivity contribution in [3.63, 3.8) is 0 Å². The van der Waals surface area contributed by atoms with Crippen molar-refractivity contribution in [3.8, 4) is 0 Å². The second kappa shape index (κ2) is 7.33. The Hall–Kier alpha value is -1.03. The van der Waals surface area contributed by atoms with E-state index in [0.717, 1.165) is 18.6 Å². The maximum Gasteiger partial charge on any atom is 0.254 e. The lowest BCUT2D eigenvalue weighted by Gasteiger charge is -2.07. The van der Waals surface area contributed by atoms with E-state index < -0.39 is 5.82 Å². The molecular formula is C13H18FNOS. The molecule has 0 fully saturated rings. The third-order valence-corrected chi connectivity index (χ3v) is 3.19. The summed E-state index contributed by atoms with van der Waals surface area (Å²) in [6, 6.07) is 4.87. The Morgan fingerprint density at radius 1 is 1.41 bits per heavy atom. The van der Waals surface area contributed by atoms with Gasteiger partial charge in [0.1, 0.15) is 5.82 Å². The van der Waals surface area contributed by atoms with Crippen molar-refractivity contribution in [2.24, 2.45) is 0 Å². The van der Waals surface area contributed by atoms with Crippen LogP contribution in [0.4, 0.5) is 4.39 Å². The van der Waals surface area contributed by atoms with Crippen LogP contribution in [0.15, 0.2) is 18.2 Å². The fourth-order valence-electron chi connectivity index (χ4n) is 1.49. The van der Waals surface area contributed by atoms with Crippen LogP contribution in [0.25, 0.3) is 0 Å². The van der Waals surface area contributed by atoms with Gasteiger partial charge in [0.15, 0.2) is 0 Å². The molecule has 0 atom stereocenters. The summed E-state index contributed by atoms with van der Waals surface area (Å²) >= 11 is 1.79. The lowest BCUT2D eigenvalue weighted by molar-refractivity contribution is 0.0949. The Labute approximate surface area is 106 Å². The van der Waals surface area contributed by atoms with Crippen LogP contribution >= 0.6 is 11.8 Å². The topological polar surface area (TPSA) is 29.1 Å². The number of aryl methyl sites for hydroxylation is 1. The highest BCUT2D eigenvalue weighted by molar-refractivity contribution is 7.98. The van der Waals surface area contributed by atoms with E-state index in [-0.39, 0.29) is 11.5 Å². The second-order valence-electron chi connectivity index (χ2n) is 3.89. The van der Waals surface area contributed by atoms with Crippen molar-refractivity contribution in [2.75, 3.05) is 18.6 Å². The third-order valence-electron chi connectivity index (χ3n) is 2.50. The molecule has 0 saturated carbocycles. The number of rotatable bonds is 6. The van der Waals surface area contributed by atoms with Gasteiger partial charge in [-0.2, -0.15) is 11.8 Å². The van der Waals surface area contributed by atoms with Crippen LogP contribution in [0, 0.1) is 12.7 Å². The largest absolute Gasteiger partial charge is 0.352 e. The smallest absolute Gasteiger partial charge is 0.254 e. The van der Waals surface area contributed by atoms with Gasteiger partial charge in [-0.25, -0.2) is 4.39 Å². The molecule has 0 bridgehead atoms. The van der Waals surface area contributed by atoms with Crippen LogP contribution in [-0.2, 0) is 0 Å². The van der Waals surface area contributed by atoms with Crippen LogP contribution in [-0.4, -0.2) is 24.5 Å². The van der Waals surface area contributed by atoms with Crippen molar-refractivity contribution in [3.05, 3.63) is 35.1 Å². The molecule has 0 aliphatic rings. The summed E-state index contributed by atoms with van der Waals surface area (Å²) in [5.74, 6) is 0.346. The molecule has 0 aliphatic heterocycles. The number of benzene rings is 1.